The van der Waals surface area contributed by atoms with Crippen molar-refractivity contribution in [2.24, 2.45) is 0 Å². The van der Waals surface area contributed by atoms with Crippen LogP contribution in [0.4, 0.5) is 5.69 Å². The van der Waals surface area contributed by atoms with Crippen molar-refractivity contribution in [3.8, 4) is 11.5 Å². The lowest BCUT2D eigenvalue weighted by molar-refractivity contribution is -0.386. The van der Waals surface area contributed by atoms with Gasteiger partial charge < -0.3 is 9.84 Å². The summed E-state index contributed by atoms with van der Waals surface area (Å²) < 4.78 is 4.89. The number of ketones is 1. The van der Waals surface area contributed by atoms with E-state index in [2.05, 4.69) is 0 Å². The molecule has 0 unspecified atom stereocenters. The zero-order valence-electron chi connectivity index (χ0n) is 12.2. The van der Waals surface area contributed by atoms with E-state index in [1.807, 2.05) is 31.2 Å². The van der Waals surface area contributed by atoms with Crippen molar-refractivity contribution in [2.75, 3.05) is 7.11 Å². The monoisotopic (exact) mass is 301 g/mol. The van der Waals surface area contributed by atoms with Gasteiger partial charge in [0.15, 0.2) is 11.5 Å². The molecule has 6 heteroatoms. The third kappa shape index (κ3) is 3.22. The summed E-state index contributed by atoms with van der Waals surface area (Å²) in [6, 6.07) is 9.82. The summed E-state index contributed by atoms with van der Waals surface area (Å²) in [5, 5.41) is 20.6. The highest BCUT2D eigenvalue weighted by Crippen LogP contribution is 2.37. The molecule has 0 heterocycles. The van der Waals surface area contributed by atoms with E-state index in [-0.39, 0.29) is 23.5 Å². The lowest BCUT2D eigenvalue weighted by atomic mass is 10.0. The molecular weight excluding hydrogens is 286 g/mol. The Morgan fingerprint density at radius 2 is 1.91 bits per heavy atom. The molecule has 1 N–H and O–H groups in total. The van der Waals surface area contributed by atoms with Gasteiger partial charge in [-0.3, -0.25) is 14.9 Å². The van der Waals surface area contributed by atoms with Crippen LogP contribution in [0, 0.1) is 17.0 Å². The number of rotatable bonds is 5. The van der Waals surface area contributed by atoms with E-state index in [1.165, 1.54) is 13.2 Å². The fraction of sp³-hybridized carbons (Fsp3) is 0.188. The van der Waals surface area contributed by atoms with Gasteiger partial charge in [0.05, 0.1) is 12.0 Å². The second-order valence-electron chi connectivity index (χ2n) is 4.89. The number of aryl methyl sites for hydroxylation is 1. The summed E-state index contributed by atoms with van der Waals surface area (Å²) in [7, 11) is 1.27. The molecule has 6 nitrogen and oxygen atoms in total. The van der Waals surface area contributed by atoms with Crippen LogP contribution < -0.4 is 4.74 Å². The second kappa shape index (κ2) is 6.26. The molecule has 0 saturated carbocycles. The van der Waals surface area contributed by atoms with E-state index in [4.69, 9.17) is 4.74 Å². The fourth-order valence-electron chi connectivity index (χ4n) is 2.04. The van der Waals surface area contributed by atoms with Gasteiger partial charge in [-0.25, -0.2) is 0 Å². The molecule has 0 aliphatic carbocycles. The molecule has 0 aliphatic heterocycles. The van der Waals surface area contributed by atoms with Gasteiger partial charge in [0.25, 0.3) is 0 Å². The van der Waals surface area contributed by atoms with Crippen LogP contribution in [0.2, 0.25) is 0 Å². The Hall–Kier alpha value is -2.89. The van der Waals surface area contributed by atoms with Crippen LogP contribution in [0.5, 0.6) is 11.5 Å². The Morgan fingerprint density at radius 1 is 1.27 bits per heavy atom. The van der Waals surface area contributed by atoms with Crippen molar-refractivity contribution >= 4 is 11.5 Å². The lowest BCUT2D eigenvalue weighted by Crippen LogP contribution is -2.05. The van der Waals surface area contributed by atoms with Gasteiger partial charge in [-0.2, -0.15) is 0 Å². The molecular formula is C16H15NO5. The number of aromatic hydroxyl groups is 1. The van der Waals surface area contributed by atoms with Gasteiger partial charge in [0.2, 0.25) is 5.75 Å². The molecule has 0 aliphatic rings. The summed E-state index contributed by atoms with van der Waals surface area (Å²) in [6.45, 7) is 1.94. The SMILES string of the molecule is COc1cc(C(=O)Cc2ccc(C)cc2)cc([N+](=O)[O-])c1O. The number of carbonyl (C=O) groups excluding carboxylic acids is 1. The highest BCUT2D eigenvalue weighted by atomic mass is 16.6. The van der Waals surface area contributed by atoms with E-state index in [1.54, 1.807) is 0 Å². The Bertz CT molecular complexity index is 722. The van der Waals surface area contributed by atoms with Crippen LogP contribution in [-0.4, -0.2) is 22.9 Å². The predicted molar refractivity (Wildman–Crippen MR) is 80.5 cm³/mol. The Labute approximate surface area is 127 Å². The number of ether oxygens (including phenoxy) is 1. The first-order valence-electron chi connectivity index (χ1n) is 6.56. The maximum Gasteiger partial charge on any atom is 0.315 e. The third-order valence-corrected chi connectivity index (χ3v) is 3.28. The molecule has 22 heavy (non-hydrogen) atoms. The first-order chi connectivity index (χ1) is 10.4. The zero-order chi connectivity index (χ0) is 16.3. The molecule has 0 aromatic heterocycles. The molecule has 0 amide bonds. The number of hydrogen-bond donors (Lipinski definition) is 1. The van der Waals surface area contributed by atoms with Crippen LogP contribution in [-0.2, 0) is 6.42 Å². The number of nitro groups is 1. The maximum atomic E-state index is 12.3. The van der Waals surface area contributed by atoms with Gasteiger partial charge >= 0.3 is 5.69 Å². The molecule has 2 rings (SSSR count). The van der Waals surface area contributed by atoms with Crippen LogP contribution in [0.3, 0.4) is 0 Å². The van der Waals surface area contributed by atoms with E-state index in [9.17, 15) is 20.0 Å². The minimum Gasteiger partial charge on any atom is -0.500 e. The zero-order valence-corrected chi connectivity index (χ0v) is 12.2. The number of phenolic OH excluding ortho intramolecular Hbond substituents is 1. The maximum absolute atomic E-state index is 12.3. The van der Waals surface area contributed by atoms with E-state index < -0.39 is 16.4 Å². The summed E-state index contributed by atoms with van der Waals surface area (Å²) in [5.74, 6) is -0.967. The number of hydrogen-bond acceptors (Lipinski definition) is 5. The third-order valence-electron chi connectivity index (χ3n) is 3.28. The van der Waals surface area contributed by atoms with E-state index in [0.29, 0.717) is 0 Å². The van der Waals surface area contributed by atoms with E-state index in [0.717, 1.165) is 17.2 Å². The van der Waals surface area contributed by atoms with Crippen LogP contribution in [0.15, 0.2) is 36.4 Å². The number of nitrogens with zero attached hydrogens (tertiary/aromatic N) is 1. The minimum atomic E-state index is -0.749. The predicted octanol–water partition coefficient (Wildman–Crippen LogP) is 3.04. The highest BCUT2D eigenvalue weighted by Gasteiger charge is 2.22. The average molecular weight is 301 g/mol. The first-order valence-corrected chi connectivity index (χ1v) is 6.56. The summed E-state index contributed by atoms with van der Waals surface area (Å²) in [6.07, 6.45) is 0.116. The summed E-state index contributed by atoms with van der Waals surface area (Å²) >= 11 is 0. The summed E-state index contributed by atoms with van der Waals surface area (Å²) in [4.78, 5) is 22.5. The molecule has 0 saturated heterocycles. The summed E-state index contributed by atoms with van der Waals surface area (Å²) in [5.41, 5.74) is 1.47. The normalized spacial score (nSPS) is 10.3. The molecule has 2 aromatic carbocycles. The molecule has 0 atom stereocenters. The smallest absolute Gasteiger partial charge is 0.315 e. The number of benzene rings is 2. The van der Waals surface area contributed by atoms with Gasteiger partial charge in [0, 0.05) is 18.1 Å². The number of nitro benzene ring substituents is 1. The van der Waals surface area contributed by atoms with Gasteiger partial charge in [-0.15, -0.1) is 0 Å². The Kier molecular flexibility index (Phi) is 4.41. The van der Waals surface area contributed by atoms with Crippen molar-refractivity contribution in [3.63, 3.8) is 0 Å². The van der Waals surface area contributed by atoms with E-state index >= 15 is 0 Å². The Balaban J connectivity index is 2.35. The van der Waals surface area contributed by atoms with Crippen molar-refractivity contribution < 1.29 is 19.6 Å². The van der Waals surface area contributed by atoms with Crippen molar-refractivity contribution in [1.29, 1.82) is 0 Å². The molecule has 0 bridgehead atoms. The number of phenols is 1. The standard InChI is InChI=1S/C16H15NO5/c1-10-3-5-11(6-4-10)7-14(18)12-8-13(17(20)21)16(19)15(9-12)22-2/h3-6,8-9,19H,7H2,1-2H3. The molecule has 0 radical (unpaired) electrons. The van der Waals surface area contributed by atoms with Gasteiger partial charge in [-0.1, -0.05) is 29.8 Å². The molecule has 114 valence electrons. The van der Waals surface area contributed by atoms with Gasteiger partial charge in [0.1, 0.15) is 0 Å². The largest absolute Gasteiger partial charge is 0.500 e. The minimum absolute atomic E-state index is 0.0959. The first kappa shape index (κ1) is 15.5. The number of Topliss-reactive ketones (excluding diaryl/α,β-unsaturated/α-hetero) is 1. The van der Waals surface area contributed by atoms with Crippen molar-refractivity contribution in [1.82, 2.24) is 0 Å². The van der Waals surface area contributed by atoms with Crippen LogP contribution in [0.25, 0.3) is 0 Å². The number of methoxy groups -OCH3 is 1. The number of carbonyl (C=O) groups is 1. The lowest BCUT2D eigenvalue weighted by Gasteiger charge is -2.07. The topological polar surface area (TPSA) is 89.7 Å². The van der Waals surface area contributed by atoms with Crippen LogP contribution >= 0.6 is 0 Å². The average Bonchev–Trinajstić information content (AvgIpc) is 2.49. The van der Waals surface area contributed by atoms with Crippen molar-refractivity contribution in [3.05, 3.63) is 63.2 Å². The second-order valence-corrected chi connectivity index (χ2v) is 4.89. The Morgan fingerprint density at radius 3 is 2.45 bits per heavy atom. The van der Waals surface area contributed by atoms with Crippen molar-refractivity contribution in [2.45, 2.75) is 13.3 Å². The highest BCUT2D eigenvalue weighted by molar-refractivity contribution is 5.99. The molecule has 0 spiro atoms. The van der Waals surface area contributed by atoms with Crippen LogP contribution in [0.1, 0.15) is 21.5 Å². The quantitative estimate of drug-likeness (QED) is 0.521. The molecule has 2 aromatic rings. The van der Waals surface area contributed by atoms with Gasteiger partial charge in [-0.05, 0) is 18.6 Å². The fourth-order valence-corrected chi connectivity index (χ4v) is 2.04. The molecule has 0 fully saturated rings.